The molecule has 2 aromatic rings. The van der Waals surface area contributed by atoms with Crippen molar-refractivity contribution in [2.75, 3.05) is 0 Å². The highest BCUT2D eigenvalue weighted by Crippen LogP contribution is 2.15. The van der Waals surface area contributed by atoms with E-state index in [0.29, 0.717) is 0 Å². The highest BCUT2D eigenvalue weighted by atomic mass is 79.9. The molecule has 1 aromatic heterocycles. The molecule has 0 spiro atoms. The van der Waals surface area contributed by atoms with Crippen LogP contribution in [-0.2, 0) is 0 Å². The van der Waals surface area contributed by atoms with E-state index in [-0.39, 0.29) is 0 Å². The monoisotopic (exact) mass is 262 g/mol. The maximum atomic E-state index is 3.46. The van der Waals surface area contributed by atoms with Crippen molar-refractivity contribution in [2.24, 2.45) is 0 Å². The number of hydrogen-bond acceptors (Lipinski definition) is 1. The molecule has 0 nitrogen and oxygen atoms in total. The molecule has 2 heteroatoms. The molecule has 0 unspecified atom stereocenters. The summed E-state index contributed by atoms with van der Waals surface area (Å²) in [5.74, 6) is 6.25. The fourth-order valence-electron chi connectivity index (χ4n) is 1.04. The molecule has 2 rings (SSSR count). The Labute approximate surface area is 95.7 Å². The molecule has 0 atom stereocenters. The lowest BCUT2D eigenvalue weighted by Gasteiger charge is -1.92. The lowest BCUT2D eigenvalue weighted by atomic mass is 10.2. The van der Waals surface area contributed by atoms with Crippen molar-refractivity contribution in [1.29, 1.82) is 0 Å². The minimum absolute atomic E-state index is 1.03. The van der Waals surface area contributed by atoms with E-state index in [9.17, 15) is 0 Å². The van der Waals surface area contributed by atoms with E-state index in [2.05, 4.69) is 27.8 Å². The van der Waals surface area contributed by atoms with E-state index in [1.54, 1.807) is 11.3 Å². The Kier molecular flexibility index (Phi) is 3.03. The van der Waals surface area contributed by atoms with Crippen LogP contribution in [0.3, 0.4) is 0 Å². The zero-order valence-corrected chi connectivity index (χ0v) is 9.73. The molecule has 14 heavy (non-hydrogen) atoms. The number of rotatable bonds is 0. The third-order valence-electron chi connectivity index (χ3n) is 1.72. The van der Waals surface area contributed by atoms with Gasteiger partial charge >= 0.3 is 0 Å². The molecular formula is C12H7BrS. The van der Waals surface area contributed by atoms with Crippen LogP contribution in [0, 0.1) is 11.8 Å². The van der Waals surface area contributed by atoms with Crippen molar-refractivity contribution in [3.05, 3.63) is 56.7 Å². The Morgan fingerprint density at radius 1 is 1.00 bits per heavy atom. The van der Waals surface area contributed by atoms with E-state index in [1.165, 1.54) is 0 Å². The Bertz CT molecular complexity index is 475. The van der Waals surface area contributed by atoms with E-state index in [4.69, 9.17) is 0 Å². The van der Waals surface area contributed by atoms with Gasteiger partial charge in [0.15, 0.2) is 0 Å². The molecule has 0 N–H and O–H groups in total. The number of benzene rings is 1. The van der Waals surface area contributed by atoms with Crippen LogP contribution in [0.2, 0.25) is 0 Å². The van der Waals surface area contributed by atoms with Crippen LogP contribution < -0.4 is 0 Å². The van der Waals surface area contributed by atoms with Crippen LogP contribution in [0.5, 0.6) is 0 Å². The Morgan fingerprint density at radius 3 is 2.57 bits per heavy atom. The summed E-state index contributed by atoms with van der Waals surface area (Å²) < 4.78 is 1.05. The molecule has 0 bridgehead atoms. The zero-order valence-electron chi connectivity index (χ0n) is 7.33. The molecule has 0 radical (unpaired) electrons. The van der Waals surface area contributed by atoms with Gasteiger partial charge in [0.05, 0.1) is 4.88 Å². The van der Waals surface area contributed by atoms with Gasteiger partial charge < -0.3 is 0 Å². The van der Waals surface area contributed by atoms with Gasteiger partial charge in [-0.2, -0.15) is 0 Å². The van der Waals surface area contributed by atoms with Crippen LogP contribution in [-0.4, -0.2) is 0 Å². The molecule has 0 fully saturated rings. The maximum absolute atomic E-state index is 3.46. The number of halogens is 1. The van der Waals surface area contributed by atoms with E-state index < -0.39 is 0 Å². The Morgan fingerprint density at radius 2 is 1.86 bits per heavy atom. The van der Waals surface area contributed by atoms with Crippen molar-refractivity contribution in [1.82, 2.24) is 0 Å². The first kappa shape index (κ1) is 9.51. The summed E-state index contributed by atoms with van der Waals surface area (Å²) in [6.45, 7) is 0. The quantitative estimate of drug-likeness (QED) is 0.632. The fraction of sp³-hybridized carbons (Fsp3) is 0. The summed E-state index contributed by atoms with van der Waals surface area (Å²) in [7, 11) is 0. The minimum atomic E-state index is 1.03. The zero-order chi connectivity index (χ0) is 9.80. The van der Waals surface area contributed by atoms with E-state index in [1.807, 2.05) is 41.8 Å². The van der Waals surface area contributed by atoms with Crippen LogP contribution in [0.1, 0.15) is 10.4 Å². The van der Waals surface area contributed by atoms with Crippen LogP contribution in [0.25, 0.3) is 0 Å². The molecule has 0 saturated carbocycles. The first-order valence-corrected chi connectivity index (χ1v) is 5.83. The number of hydrogen-bond donors (Lipinski definition) is 0. The average molecular weight is 263 g/mol. The molecular weight excluding hydrogens is 256 g/mol. The van der Waals surface area contributed by atoms with Crippen LogP contribution >= 0.6 is 27.3 Å². The Balaban J connectivity index is 2.31. The SMILES string of the molecule is Brc1ccccc1C#Cc1cccs1. The summed E-state index contributed by atoms with van der Waals surface area (Å²) in [6.07, 6.45) is 0. The molecule has 0 amide bonds. The van der Waals surface area contributed by atoms with Gasteiger partial charge in [-0.3, -0.25) is 0 Å². The fourth-order valence-corrected chi connectivity index (χ4v) is 2.00. The Hall–Kier alpha value is -1.04. The van der Waals surface area contributed by atoms with Crippen molar-refractivity contribution in [2.45, 2.75) is 0 Å². The van der Waals surface area contributed by atoms with Gasteiger partial charge in [-0.15, -0.1) is 11.3 Å². The molecule has 68 valence electrons. The van der Waals surface area contributed by atoms with E-state index >= 15 is 0 Å². The second-order valence-electron chi connectivity index (χ2n) is 2.71. The molecule has 1 aromatic carbocycles. The standard InChI is InChI=1S/C12H7BrS/c13-12-6-2-1-4-10(12)7-8-11-5-3-9-14-11/h1-6,9H. The molecule has 0 saturated heterocycles. The van der Waals surface area contributed by atoms with Gasteiger partial charge in [0, 0.05) is 10.0 Å². The first-order valence-electron chi connectivity index (χ1n) is 4.16. The average Bonchev–Trinajstić information content (AvgIpc) is 2.69. The summed E-state index contributed by atoms with van der Waals surface area (Å²) in [5, 5.41) is 2.03. The second kappa shape index (κ2) is 4.45. The smallest absolute Gasteiger partial charge is 0.0772 e. The van der Waals surface area contributed by atoms with Crippen LogP contribution in [0.15, 0.2) is 46.3 Å². The van der Waals surface area contributed by atoms with Crippen molar-refractivity contribution < 1.29 is 0 Å². The largest absolute Gasteiger partial charge is 0.135 e. The highest BCUT2D eigenvalue weighted by molar-refractivity contribution is 9.10. The molecule has 0 aliphatic heterocycles. The summed E-state index contributed by atoms with van der Waals surface area (Å²) in [6, 6.07) is 12.0. The van der Waals surface area contributed by atoms with Gasteiger partial charge in [-0.1, -0.05) is 30.0 Å². The normalized spacial score (nSPS) is 9.21. The van der Waals surface area contributed by atoms with Gasteiger partial charge in [0.1, 0.15) is 0 Å². The predicted octanol–water partition coefficient (Wildman–Crippen LogP) is 3.91. The lowest BCUT2D eigenvalue weighted by Crippen LogP contribution is -1.74. The summed E-state index contributed by atoms with van der Waals surface area (Å²) in [4.78, 5) is 1.10. The van der Waals surface area contributed by atoms with Gasteiger partial charge in [-0.25, -0.2) is 0 Å². The third-order valence-corrected chi connectivity index (χ3v) is 3.19. The van der Waals surface area contributed by atoms with Gasteiger partial charge in [-0.05, 0) is 39.5 Å². The summed E-state index contributed by atoms with van der Waals surface area (Å²) in [5.41, 5.74) is 1.03. The van der Waals surface area contributed by atoms with Crippen molar-refractivity contribution in [3.63, 3.8) is 0 Å². The van der Waals surface area contributed by atoms with Crippen molar-refractivity contribution in [3.8, 4) is 11.8 Å². The van der Waals surface area contributed by atoms with Gasteiger partial charge in [0.2, 0.25) is 0 Å². The molecule has 0 aliphatic carbocycles. The molecule has 0 aliphatic rings. The first-order chi connectivity index (χ1) is 6.86. The van der Waals surface area contributed by atoms with Crippen LogP contribution in [0.4, 0.5) is 0 Å². The maximum Gasteiger partial charge on any atom is 0.0772 e. The van der Waals surface area contributed by atoms with Gasteiger partial charge in [0.25, 0.3) is 0 Å². The number of thiophene rings is 1. The summed E-state index contributed by atoms with van der Waals surface area (Å²) >= 11 is 5.12. The minimum Gasteiger partial charge on any atom is -0.135 e. The predicted molar refractivity (Wildman–Crippen MR) is 64.4 cm³/mol. The third kappa shape index (κ3) is 2.25. The second-order valence-corrected chi connectivity index (χ2v) is 4.51. The lowest BCUT2D eigenvalue weighted by molar-refractivity contribution is 1.59. The topological polar surface area (TPSA) is 0 Å². The van der Waals surface area contributed by atoms with E-state index in [0.717, 1.165) is 14.9 Å². The molecule has 1 heterocycles. The highest BCUT2D eigenvalue weighted by Gasteiger charge is 1.92. The van der Waals surface area contributed by atoms with Crippen molar-refractivity contribution >= 4 is 27.3 Å².